The molecule has 0 saturated carbocycles. The second-order valence-corrected chi connectivity index (χ2v) is 6.17. The van der Waals surface area contributed by atoms with Crippen molar-refractivity contribution < 1.29 is 0 Å². The standard InChI is InChI=1S/C18H14BrN3/c19-16-8-6-15(7-9-16)17-12-18-21(10-11-22(18)20-17)13-14-4-2-1-3-5-14/h1-12H,13H2. The Balaban J connectivity index is 1.71. The molecule has 0 N–H and O–H groups in total. The monoisotopic (exact) mass is 351 g/mol. The van der Waals surface area contributed by atoms with Crippen LogP contribution in [0.4, 0.5) is 0 Å². The molecule has 0 fully saturated rings. The van der Waals surface area contributed by atoms with Gasteiger partial charge >= 0.3 is 0 Å². The molecule has 0 saturated heterocycles. The molecule has 0 bridgehead atoms. The van der Waals surface area contributed by atoms with Crippen molar-refractivity contribution in [2.45, 2.75) is 6.54 Å². The van der Waals surface area contributed by atoms with Crippen molar-refractivity contribution >= 4 is 21.6 Å². The Morgan fingerprint density at radius 2 is 1.68 bits per heavy atom. The lowest BCUT2D eigenvalue weighted by atomic mass is 10.1. The van der Waals surface area contributed by atoms with Gasteiger partial charge in [-0.05, 0) is 17.7 Å². The Hall–Kier alpha value is -2.33. The third kappa shape index (κ3) is 2.46. The SMILES string of the molecule is Brc1ccc(-c2cc3n(Cc4ccccc4)ccn3n2)cc1. The van der Waals surface area contributed by atoms with Gasteiger partial charge in [-0.3, -0.25) is 0 Å². The van der Waals surface area contributed by atoms with Gasteiger partial charge in [0.05, 0.1) is 5.69 Å². The van der Waals surface area contributed by atoms with E-state index in [9.17, 15) is 0 Å². The number of aromatic nitrogens is 3. The molecule has 0 aliphatic heterocycles. The number of nitrogens with zero attached hydrogens (tertiary/aromatic N) is 3. The normalized spacial score (nSPS) is 11.1. The van der Waals surface area contributed by atoms with Gasteiger partial charge in [-0.25, -0.2) is 4.52 Å². The fourth-order valence-corrected chi connectivity index (χ4v) is 2.87. The predicted octanol–water partition coefficient (Wildman–Crippen LogP) is 4.61. The number of hydrogen-bond donors (Lipinski definition) is 0. The van der Waals surface area contributed by atoms with Gasteiger partial charge in [0.25, 0.3) is 0 Å². The van der Waals surface area contributed by atoms with Gasteiger partial charge in [-0.1, -0.05) is 58.4 Å². The zero-order valence-corrected chi connectivity index (χ0v) is 13.4. The number of imidazole rings is 1. The summed E-state index contributed by atoms with van der Waals surface area (Å²) in [5, 5.41) is 4.66. The van der Waals surface area contributed by atoms with Crippen LogP contribution in [-0.4, -0.2) is 14.2 Å². The van der Waals surface area contributed by atoms with E-state index in [1.807, 2.05) is 28.9 Å². The summed E-state index contributed by atoms with van der Waals surface area (Å²) in [5.41, 5.74) is 4.50. The molecular formula is C18H14BrN3. The quantitative estimate of drug-likeness (QED) is 0.528. The second-order valence-electron chi connectivity index (χ2n) is 5.25. The van der Waals surface area contributed by atoms with Crippen LogP contribution in [0, 0.1) is 0 Å². The van der Waals surface area contributed by atoms with Crippen LogP contribution >= 0.6 is 15.9 Å². The summed E-state index contributed by atoms with van der Waals surface area (Å²) in [4.78, 5) is 0. The Morgan fingerprint density at radius 1 is 0.909 bits per heavy atom. The lowest BCUT2D eigenvalue weighted by Gasteiger charge is -2.03. The van der Waals surface area contributed by atoms with Crippen molar-refractivity contribution in [3.05, 3.63) is 83.1 Å². The number of halogens is 1. The maximum absolute atomic E-state index is 4.66. The molecule has 2 aromatic heterocycles. The maximum Gasteiger partial charge on any atom is 0.136 e. The molecule has 0 radical (unpaired) electrons. The largest absolute Gasteiger partial charge is 0.327 e. The molecule has 4 aromatic rings. The van der Waals surface area contributed by atoms with E-state index in [1.165, 1.54) is 5.56 Å². The molecule has 4 heteroatoms. The highest BCUT2D eigenvalue weighted by atomic mass is 79.9. The predicted molar refractivity (Wildman–Crippen MR) is 91.9 cm³/mol. The summed E-state index contributed by atoms with van der Waals surface area (Å²) in [6, 6.07) is 20.8. The van der Waals surface area contributed by atoms with Crippen LogP contribution in [0.2, 0.25) is 0 Å². The van der Waals surface area contributed by atoms with E-state index < -0.39 is 0 Å². The van der Waals surface area contributed by atoms with Crippen molar-refractivity contribution in [2.24, 2.45) is 0 Å². The van der Waals surface area contributed by atoms with Crippen LogP contribution in [0.25, 0.3) is 16.9 Å². The number of benzene rings is 2. The molecule has 3 nitrogen and oxygen atoms in total. The second kappa shape index (κ2) is 5.46. The number of hydrogen-bond acceptors (Lipinski definition) is 1. The number of fused-ring (bicyclic) bond motifs is 1. The van der Waals surface area contributed by atoms with E-state index in [2.05, 4.69) is 74.3 Å². The van der Waals surface area contributed by atoms with E-state index in [-0.39, 0.29) is 0 Å². The van der Waals surface area contributed by atoms with Gasteiger partial charge in [0.2, 0.25) is 0 Å². The van der Waals surface area contributed by atoms with Gasteiger partial charge in [0.1, 0.15) is 5.65 Å². The van der Waals surface area contributed by atoms with Crippen LogP contribution in [0.15, 0.2) is 77.5 Å². The molecule has 0 spiro atoms. The van der Waals surface area contributed by atoms with Crippen LogP contribution in [0.5, 0.6) is 0 Å². The van der Waals surface area contributed by atoms with Crippen LogP contribution < -0.4 is 0 Å². The summed E-state index contributed by atoms with van der Waals surface area (Å²) in [7, 11) is 0. The molecule has 22 heavy (non-hydrogen) atoms. The molecule has 0 unspecified atom stereocenters. The Morgan fingerprint density at radius 3 is 2.45 bits per heavy atom. The van der Waals surface area contributed by atoms with Gasteiger partial charge in [0, 0.05) is 35.0 Å². The van der Waals surface area contributed by atoms with Gasteiger partial charge < -0.3 is 4.57 Å². The zero-order valence-electron chi connectivity index (χ0n) is 11.9. The van der Waals surface area contributed by atoms with Crippen molar-refractivity contribution in [2.75, 3.05) is 0 Å². The molecule has 0 aliphatic rings. The fourth-order valence-electron chi connectivity index (χ4n) is 2.60. The smallest absolute Gasteiger partial charge is 0.136 e. The molecule has 4 rings (SSSR count). The highest BCUT2D eigenvalue weighted by Gasteiger charge is 2.08. The van der Waals surface area contributed by atoms with Crippen LogP contribution in [-0.2, 0) is 6.54 Å². The highest BCUT2D eigenvalue weighted by molar-refractivity contribution is 9.10. The van der Waals surface area contributed by atoms with Crippen molar-refractivity contribution in [3.63, 3.8) is 0 Å². The first kappa shape index (κ1) is 13.3. The highest BCUT2D eigenvalue weighted by Crippen LogP contribution is 2.22. The lowest BCUT2D eigenvalue weighted by Crippen LogP contribution is -1.97. The number of rotatable bonds is 3. The van der Waals surface area contributed by atoms with E-state index >= 15 is 0 Å². The van der Waals surface area contributed by atoms with E-state index in [0.717, 1.165) is 27.9 Å². The average Bonchev–Trinajstić information content (AvgIpc) is 3.11. The fraction of sp³-hybridized carbons (Fsp3) is 0.0556. The Kier molecular flexibility index (Phi) is 3.31. The van der Waals surface area contributed by atoms with Crippen molar-refractivity contribution in [3.8, 4) is 11.3 Å². The molecule has 2 heterocycles. The first-order valence-corrected chi connectivity index (χ1v) is 7.93. The molecule has 108 valence electrons. The Labute approximate surface area is 137 Å². The van der Waals surface area contributed by atoms with Gasteiger partial charge in [0.15, 0.2) is 0 Å². The summed E-state index contributed by atoms with van der Waals surface area (Å²) >= 11 is 3.46. The molecular weight excluding hydrogens is 338 g/mol. The zero-order chi connectivity index (χ0) is 14.9. The van der Waals surface area contributed by atoms with Crippen molar-refractivity contribution in [1.29, 1.82) is 0 Å². The van der Waals surface area contributed by atoms with Gasteiger partial charge in [-0.2, -0.15) is 5.10 Å². The van der Waals surface area contributed by atoms with Crippen LogP contribution in [0.3, 0.4) is 0 Å². The minimum Gasteiger partial charge on any atom is -0.327 e. The van der Waals surface area contributed by atoms with E-state index in [0.29, 0.717) is 0 Å². The molecule has 0 amide bonds. The van der Waals surface area contributed by atoms with Gasteiger partial charge in [-0.15, -0.1) is 0 Å². The summed E-state index contributed by atoms with van der Waals surface area (Å²) in [5.74, 6) is 0. The molecule has 0 aliphatic carbocycles. The topological polar surface area (TPSA) is 22.2 Å². The third-order valence-electron chi connectivity index (χ3n) is 3.73. The third-order valence-corrected chi connectivity index (χ3v) is 4.26. The van der Waals surface area contributed by atoms with E-state index in [1.54, 1.807) is 0 Å². The Bertz CT molecular complexity index is 905. The molecule has 2 aromatic carbocycles. The lowest BCUT2D eigenvalue weighted by molar-refractivity contribution is 0.825. The summed E-state index contributed by atoms with van der Waals surface area (Å²) in [6.45, 7) is 0.850. The molecule has 0 atom stereocenters. The van der Waals surface area contributed by atoms with Crippen LogP contribution in [0.1, 0.15) is 5.56 Å². The van der Waals surface area contributed by atoms with E-state index in [4.69, 9.17) is 0 Å². The summed E-state index contributed by atoms with van der Waals surface area (Å²) < 4.78 is 5.22. The maximum atomic E-state index is 4.66. The minimum absolute atomic E-state index is 0.850. The average molecular weight is 352 g/mol. The first-order chi connectivity index (χ1) is 10.8. The van der Waals surface area contributed by atoms with Crippen molar-refractivity contribution in [1.82, 2.24) is 14.2 Å². The first-order valence-electron chi connectivity index (χ1n) is 7.14. The summed E-state index contributed by atoms with van der Waals surface area (Å²) in [6.07, 6.45) is 4.07. The minimum atomic E-state index is 0.850.